The highest BCUT2D eigenvalue weighted by Gasteiger charge is 2.14. The van der Waals surface area contributed by atoms with Gasteiger partial charge in [-0.2, -0.15) is 0 Å². The Balaban J connectivity index is 1.32. The first-order valence-electron chi connectivity index (χ1n) is 15.4. The molecule has 0 aliphatic heterocycles. The predicted octanol–water partition coefficient (Wildman–Crippen LogP) is 11.0. The van der Waals surface area contributed by atoms with Gasteiger partial charge < -0.3 is 0 Å². The van der Waals surface area contributed by atoms with E-state index < -0.39 is 0 Å². The van der Waals surface area contributed by atoms with E-state index >= 15 is 0 Å². The average Bonchev–Trinajstić information content (AvgIpc) is 3.15. The van der Waals surface area contributed by atoms with Crippen LogP contribution in [0.5, 0.6) is 0 Å². The first-order valence-corrected chi connectivity index (χ1v) is 15.4. The van der Waals surface area contributed by atoms with Crippen molar-refractivity contribution in [2.75, 3.05) is 0 Å². The van der Waals surface area contributed by atoms with Crippen LogP contribution in [0.15, 0.2) is 176 Å². The van der Waals surface area contributed by atoms with E-state index in [1.165, 1.54) is 27.5 Å². The second kappa shape index (κ2) is 12.1. The van der Waals surface area contributed by atoms with Crippen LogP contribution in [-0.4, -0.2) is 15.0 Å². The maximum atomic E-state index is 5.17. The second-order valence-corrected chi connectivity index (χ2v) is 11.3. The zero-order chi connectivity index (χ0) is 30.7. The van der Waals surface area contributed by atoms with Crippen molar-refractivity contribution in [1.29, 1.82) is 0 Å². The summed E-state index contributed by atoms with van der Waals surface area (Å²) in [5.74, 6) is 0.696. The zero-order valence-corrected chi connectivity index (χ0v) is 25.1. The molecule has 0 saturated heterocycles. The van der Waals surface area contributed by atoms with Crippen LogP contribution in [0.2, 0.25) is 0 Å². The van der Waals surface area contributed by atoms with Gasteiger partial charge in [-0.15, -0.1) is 0 Å². The summed E-state index contributed by atoms with van der Waals surface area (Å²) in [5, 5.41) is 2.43. The first kappa shape index (κ1) is 27.4. The summed E-state index contributed by atoms with van der Waals surface area (Å²) in [4.78, 5) is 14.5. The summed E-state index contributed by atoms with van der Waals surface area (Å²) in [6, 6.07) is 57.3. The van der Waals surface area contributed by atoms with Crippen molar-refractivity contribution in [3.8, 4) is 67.3 Å². The Morgan fingerprint density at radius 1 is 0.326 bits per heavy atom. The Kier molecular flexibility index (Phi) is 7.18. The lowest BCUT2D eigenvalue weighted by molar-refractivity contribution is 1.18. The van der Waals surface area contributed by atoms with Gasteiger partial charge in [0.2, 0.25) is 0 Å². The molecule has 0 amide bonds. The van der Waals surface area contributed by atoms with Crippen LogP contribution in [0.4, 0.5) is 0 Å². The molecule has 0 aliphatic carbocycles. The largest absolute Gasteiger partial charge is 0.265 e. The standard InChI is InChI=1S/C43H29N3/c1-3-10-30(11-4-1)31-18-20-34(21-19-31)41-29-42(46-43(45-41)35-13-5-2-6-14-35)38-27-36(32-22-24-44-25-23-32)26-37(28-38)40-17-9-15-33-12-7-8-16-39(33)40/h1-29H. The molecule has 6 aromatic carbocycles. The Hall–Kier alpha value is -6.19. The lowest BCUT2D eigenvalue weighted by Crippen LogP contribution is -1.96. The first-order chi connectivity index (χ1) is 22.8. The molecule has 216 valence electrons. The van der Waals surface area contributed by atoms with Crippen LogP contribution < -0.4 is 0 Å². The molecule has 0 unspecified atom stereocenters. The van der Waals surface area contributed by atoms with Gasteiger partial charge in [-0.3, -0.25) is 4.98 Å². The highest BCUT2D eigenvalue weighted by Crippen LogP contribution is 2.37. The van der Waals surface area contributed by atoms with E-state index in [1.54, 1.807) is 0 Å². The Labute approximate surface area is 268 Å². The van der Waals surface area contributed by atoms with E-state index in [-0.39, 0.29) is 0 Å². The Bertz CT molecular complexity index is 2270. The van der Waals surface area contributed by atoms with E-state index in [4.69, 9.17) is 9.97 Å². The van der Waals surface area contributed by atoms with E-state index in [0.29, 0.717) is 5.82 Å². The van der Waals surface area contributed by atoms with Gasteiger partial charge in [-0.25, -0.2) is 9.97 Å². The van der Waals surface area contributed by atoms with Crippen molar-refractivity contribution in [3.05, 3.63) is 176 Å². The summed E-state index contributed by atoms with van der Waals surface area (Å²) < 4.78 is 0. The molecule has 46 heavy (non-hydrogen) atoms. The minimum Gasteiger partial charge on any atom is -0.265 e. The lowest BCUT2D eigenvalue weighted by Gasteiger charge is -2.14. The molecule has 0 spiro atoms. The summed E-state index contributed by atoms with van der Waals surface area (Å²) in [7, 11) is 0. The van der Waals surface area contributed by atoms with Crippen LogP contribution in [0.3, 0.4) is 0 Å². The fraction of sp³-hybridized carbons (Fsp3) is 0. The molecule has 0 N–H and O–H groups in total. The van der Waals surface area contributed by atoms with Crippen molar-refractivity contribution < 1.29 is 0 Å². The van der Waals surface area contributed by atoms with E-state index in [0.717, 1.165) is 44.8 Å². The molecule has 0 aliphatic rings. The Morgan fingerprint density at radius 2 is 0.870 bits per heavy atom. The van der Waals surface area contributed by atoms with Crippen LogP contribution in [-0.2, 0) is 0 Å². The number of hydrogen-bond acceptors (Lipinski definition) is 3. The third-order valence-corrected chi connectivity index (χ3v) is 8.39. The van der Waals surface area contributed by atoms with E-state index in [1.807, 2.05) is 36.7 Å². The van der Waals surface area contributed by atoms with Gasteiger partial charge >= 0.3 is 0 Å². The van der Waals surface area contributed by atoms with Gasteiger partial charge in [0.15, 0.2) is 5.82 Å². The molecule has 0 bridgehead atoms. The van der Waals surface area contributed by atoms with Gasteiger partial charge in [-0.05, 0) is 80.6 Å². The fourth-order valence-corrected chi connectivity index (χ4v) is 6.04. The molecule has 8 aromatic rings. The number of aromatic nitrogens is 3. The topological polar surface area (TPSA) is 38.7 Å². The number of pyridine rings is 1. The van der Waals surface area contributed by atoms with Gasteiger partial charge in [-0.1, -0.05) is 127 Å². The maximum absolute atomic E-state index is 5.17. The number of fused-ring (bicyclic) bond motifs is 1. The molecule has 0 atom stereocenters. The highest BCUT2D eigenvalue weighted by molar-refractivity contribution is 5.98. The van der Waals surface area contributed by atoms with E-state index in [9.17, 15) is 0 Å². The third-order valence-electron chi connectivity index (χ3n) is 8.39. The number of benzene rings is 6. The molecule has 2 aromatic heterocycles. The monoisotopic (exact) mass is 587 g/mol. The molecule has 0 radical (unpaired) electrons. The normalized spacial score (nSPS) is 11.0. The number of hydrogen-bond donors (Lipinski definition) is 0. The zero-order valence-electron chi connectivity index (χ0n) is 25.1. The molecule has 3 heteroatoms. The summed E-state index contributed by atoms with van der Waals surface area (Å²) in [6.07, 6.45) is 3.68. The van der Waals surface area contributed by atoms with Crippen molar-refractivity contribution in [2.45, 2.75) is 0 Å². The van der Waals surface area contributed by atoms with E-state index in [2.05, 4.69) is 145 Å². The number of rotatable bonds is 6. The Morgan fingerprint density at radius 3 is 1.63 bits per heavy atom. The van der Waals surface area contributed by atoms with Crippen molar-refractivity contribution in [1.82, 2.24) is 15.0 Å². The van der Waals surface area contributed by atoms with Crippen molar-refractivity contribution in [3.63, 3.8) is 0 Å². The minimum absolute atomic E-state index is 0.696. The average molecular weight is 588 g/mol. The van der Waals surface area contributed by atoms with Crippen LogP contribution in [0.25, 0.3) is 78.1 Å². The quantitative estimate of drug-likeness (QED) is 0.194. The smallest absolute Gasteiger partial charge is 0.160 e. The summed E-state index contributed by atoms with van der Waals surface area (Å²) in [6.45, 7) is 0. The molecule has 2 heterocycles. The maximum Gasteiger partial charge on any atom is 0.160 e. The van der Waals surface area contributed by atoms with Crippen molar-refractivity contribution in [2.24, 2.45) is 0 Å². The molecular weight excluding hydrogens is 558 g/mol. The number of nitrogens with zero attached hydrogens (tertiary/aromatic N) is 3. The summed E-state index contributed by atoms with van der Waals surface area (Å²) >= 11 is 0. The fourth-order valence-electron chi connectivity index (χ4n) is 6.04. The van der Waals surface area contributed by atoms with Gasteiger partial charge in [0, 0.05) is 29.1 Å². The molecule has 0 saturated carbocycles. The van der Waals surface area contributed by atoms with Gasteiger partial charge in [0.05, 0.1) is 11.4 Å². The van der Waals surface area contributed by atoms with Crippen LogP contribution in [0.1, 0.15) is 0 Å². The summed E-state index contributed by atoms with van der Waals surface area (Å²) in [5.41, 5.74) is 11.7. The molecule has 3 nitrogen and oxygen atoms in total. The van der Waals surface area contributed by atoms with Crippen LogP contribution in [0, 0.1) is 0 Å². The molecule has 0 fully saturated rings. The molecule has 8 rings (SSSR count). The highest BCUT2D eigenvalue weighted by atomic mass is 14.9. The minimum atomic E-state index is 0.696. The second-order valence-electron chi connectivity index (χ2n) is 11.3. The van der Waals surface area contributed by atoms with Crippen LogP contribution >= 0.6 is 0 Å². The SMILES string of the molecule is c1ccc(-c2ccc(-c3cc(-c4cc(-c5ccncc5)cc(-c5cccc6ccccc56)c4)nc(-c4ccccc4)n3)cc2)cc1. The third kappa shape index (κ3) is 5.47. The lowest BCUT2D eigenvalue weighted by atomic mass is 9.92. The predicted molar refractivity (Wildman–Crippen MR) is 190 cm³/mol. The van der Waals surface area contributed by atoms with Crippen molar-refractivity contribution >= 4 is 10.8 Å². The molecular formula is C43H29N3. The van der Waals surface area contributed by atoms with Gasteiger partial charge in [0.25, 0.3) is 0 Å². The van der Waals surface area contributed by atoms with Gasteiger partial charge in [0.1, 0.15) is 0 Å².